The minimum absolute atomic E-state index is 0.303. The topological polar surface area (TPSA) is 47.6 Å². The summed E-state index contributed by atoms with van der Waals surface area (Å²) in [6, 6.07) is 20.1. The van der Waals surface area contributed by atoms with E-state index in [1.165, 1.54) is 11.3 Å². The first-order valence-corrected chi connectivity index (χ1v) is 10.2. The Morgan fingerprint density at radius 3 is 2.28 bits per heavy atom. The fourth-order valence-corrected chi connectivity index (χ4v) is 4.59. The minimum Gasteiger partial charge on any atom is -0.495 e. The molecule has 4 nitrogen and oxygen atoms in total. The summed E-state index contributed by atoms with van der Waals surface area (Å²) in [7, 11) is 1.54. The van der Waals surface area contributed by atoms with Gasteiger partial charge >= 0.3 is 0 Å². The third kappa shape index (κ3) is 4.03. The Morgan fingerprint density at radius 2 is 1.59 bits per heavy atom. The fraction of sp³-hybridized carbons (Fsp3) is 0.0455. The van der Waals surface area contributed by atoms with Crippen LogP contribution in [-0.4, -0.2) is 13.0 Å². The number of carbonyl (C=O) groups excluding carboxylic acids is 1. The second-order valence-electron chi connectivity index (χ2n) is 6.10. The summed E-state index contributed by atoms with van der Waals surface area (Å²) in [5.74, 6) is 1.66. The molecule has 0 aliphatic rings. The molecule has 0 radical (unpaired) electrons. The van der Waals surface area contributed by atoms with Crippen LogP contribution < -0.4 is 14.8 Å². The van der Waals surface area contributed by atoms with Crippen molar-refractivity contribution < 1.29 is 14.3 Å². The number of halogens is 2. The predicted octanol–water partition coefficient (Wildman–Crippen LogP) is 7.26. The number of carbonyl (C=O) groups is 1. The molecule has 0 bridgehead atoms. The van der Waals surface area contributed by atoms with Crippen molar-refractivity contribution >= 4 is 56.2 Å². The molecule has 0 fully saturated rings. The molecule has 0 saturated heterocycles. The number of fused-ring (bicyclic) bond motifs is 1. The van der Waals surface area contributed by atoms with Gasteiger partial charge in [-0.1, -0.05) is 41.4 Å². The lowest BCUT2D eigenvalue weighted by molar-refractivity contribution is 0.103. The van der Waals surface area contributed by atoms with Crippen molar-refractivity contribution in [1.29, 1.82) is 0 Å². The van der Waals surface area contributed by atoms with Crippen LogP contribution in [0.2, 0.25) is 10.0 Å². The van der Waals surface area contributed by atoms with E-state index in [1.54, 1.807) is 43.5 Å². The zero-order chi connectivity index (χ0) is 20.4. The van der Waals surface area contributed by atoms with Gasteiger partial charge in [-0.2, -0.15) is 0 Å². The summed E-state index contributed by atoms with van der Waals surface area (Å²) >= 11 is 14.0. The highest BCUT2D eigenvalue weighted by molar-refractivity contribution is 7.22. The number of hydrogen-bond acceptors (Lipinski definition) is 4. The van der Waals surface area contributed by atoms with Crippen LogP contribution in [-0.2, 0) is 0 Å². The van der Waals surface area contributed by atoms with Crippen molar-refractivity contribution in [3.63, 3.8) is 0 Å². The second kappa shape index (κ2) is 8.33. The molecular weight excluding hydrogens is 429 g/mol. The Kier molecular flexibility index (Phi) is 5.62. The molecule has 1 aromatic heterocycles. The zero-order valence-electron chi connectivity index (χ0n) is 15.2. The van der Waals surface area contributed by atoms with E-state index in [4.69, 9.17) is 32.7 Å². The molecule has 7 heteroatoms. The number of para-hydroxylation sites is 1. The van der Waals surface area contributed by atoms with E-state index in [-0.39, 0.29) is 5.91 Å². The van der Waals surface area contributed by atoms with E-state index < -0.39 is 0 Å². The number of anilines is 1. The number of thiophene rings is 1. The highest BCUT2D eigenvalue weighted by Crippen LogP contribution is 2.43. The maximum atomic E-state index is 12.8. The molecule has 0 aliphatic heterocycles. The lowest BCUT2D eigenvalue weighted by Gasteiger charge is -2.07. The van der Waals surface area contributed by atoms with Gasteiger partial charge in [0, 0.05) is 11.1 Å². The smallest absolute Gasteiger partial charge is 0.267 e. The van der Waals surface area contributed by atoms with Crippen LogP contribution in [0.25, 0.3) is 10.1 Å². The van der Waals surface area contributed by atoms with Gasteiger partial charge in [0.15, 0.2) is 0 Å². The average Bonchev–Trinajstić information content (AvgIpc) is 3.08. The molecule has 1 heterocycles. The number of amides is 1. The summed E-state index contributed by atoms with van der Waals surface area (Å²) in [5, 5.41) is 4.39. The number of rotatable bonds is 5. The normalized spacial score (nSPS) is 10.7. The number of ether oxygens (including phenoxy) is 2. The molecule has 0 atom stereocenters. The van der Waals surface area contributed by atoms with E-state index in [0.29, 0.717) is 36.8 Å². The molecule has 3 aromatic carbocycles. The maximum Gasteiger partial charge on any atom is 0.267 e. The van der Waals surface area contributed by atoms with Crippen LogP contribution in [0.5, 0.6) is 17.2 Å². The zero-order valence-corrected chi connectivity index (χ0v) is 17.6. The van der Waals surface area contributed by atoms with Crippen molar-refractivity contribution in [3.05, 3.63) is 81.7 Å². The molecule has 4 aromatic rings. The lowest BCUT2D eigenvalue weighted by atomic mass is 10.2. The van der Waals surface area contributed by atoms with Crippen LogP contribution in [0, 0.1) is 0 Å². The summed E-state index contributed by atoms with van der Waals surface area (Å²) in [4.78, 5) is 13.1. The van der Waals surface area contributed by atoms with E-state index >= 15 is 0 Å². The van der Waals surface area contributed by atoms with E-state index in [1.807, 2.05) is 30.3 Å². The van der Waals surface area contributed by atoms with Crippen molar-refractivity contribution in [2.24, 2.45) is 0 Å². The van der Waals surface area contributed by atoms with E-state index in [0.717, 1.165) is 11.1 Å². The first-order chi connectivity index (χ1) is 14.1. The van der Waals surface area contributed by atoms with Crippen LogP contribution in [0.15, 0.2) is 66.7 Å². The molecule has 0 saturated carbocycles. The summed E-state index contributed by atoms with van der Waals surface area (Å²) in [6.45, 7) is 0. The van der Waals surface area contributed by atoms with Gasteiger partial charge in [-0.25, -0.2) is 0 Å². The highest BCUT2D eigenvalue weighted by Gasteiger charge is 2.20. The number of hydrogen-bond donors (Lipinski definition) is 1. The monoisotopic (exact) mass is 443 g/mol. The largest absolute Gasteiger partial charge is 0.495 e. The standard InChI is InChI=1S/C22H15Cl2NO3S/c1-27-17-12-11-16-18(23)21(29-20(16)19(17)24)22(26)25-13-7-9-15(10-8-13)28-14-5-3-2-4-6-14/h2-12H,1H3,(H,25,26). The van der Waals surface area contributed by atoms with Crippen LogP contribution in [0.1, 0.15) is 9.67 Å². The summed E-state index contributed by atoms with van der Waals surface area (Å²) in [5.41, 5.74) is 0.632. The summed E-state index contributed by atoms with van der Waals surface area (Å²) in [6.07, 6.45) is 0. The molecule has 0 spiro atoms. The first-order valence-electron chi connectivity index (χ1n) is 8.65. The van der Waals surface area contributed by atoms with Crippen molar-refractivity contribution in [2.75, 3.05) is 12.4 Å². The third-order valence-corrected chi connectivity index (χ3v) is 6.43. The fourth-order valence-electron chi connectivity index (χ4n) is 2.80. The second-order valence-corrected chi connectivity index (χ2v) is 7.87. The average molecular weight is 444 g/mol. The van der Waals surface area contributed by atoms with Crippen molar-refractivity contribution in [3.8, 4) is 17.2 Å². The van der Waals surface area contributed by atoms with Crippen molar-refractivity contribution in [2.45, 2.75) is 0 Å². The van der Waals surface area contributed by atoms with Gasteiger partial charge in [-0.15, -0.1) is 11.3 Å². The van der Waals surface area contributed by atoms with Gasteiger partial charge in [0.1, 0.15) is 27.1 Å². The molecule has 29 heavy (non-hydrogen) atoms. The van der Waals surface area contributed by atoms with Crippen LogP contribution >= 0.6 is 34.5 Å². The predicted molar refractivity (Wildman–Crippen MR) is 119 cm³/mol. The van der Waals surface area contributed by atoms with Crippen LogP contribution in [0.3, 0.4) is 0 Å². The van der Waals surface area contributed by atoms with Gasteiger partial charge in [-0.05, 0) is 48.5 Å². The van der Waals surface area contributed by atoms with Gasteiger partial charge < -0.3 is 14.8 Å². The number of benzene rings is 3. The molecule has 146 valence electrons. The Balaban J connectivity index is 1.53. The van der Waals surface area contributed by atoms with Gasteiger partial charge in [-0.3, -0.25) is 4.79 Å². The van der Waals surface area contributed by atoms with Crippen LogP contribution in [0.4, 0.5) is 5.69 Å². The Bertz CT molecular complexity index is 1170. The highest BCUT2D eigenvalue weighted by atomic mass is 35.5. The Morgan fingerprint density at radius 1 is 0.897 bits per heavy atom. The molecule has 0 aliphatic carbocycles. The van der Waals surface area contributed by atoms with Gasteiger partial charge in [0.2, 0.25) is 0 Å². The Hall–Kier alpha value is -2.73. The quantitative estimate of drug-likeness (QED) is 0.352. The van der Waals surface area contributed by atoms with Gasteiger partial charge in [0.05, 0.1) is 16.8 Å². The number of nitrogens with one attached hydrogen (secondary N) is 1. The SMILES string of the molecule is COc1ccc2c(Cl)c(C(=O)Nc3ccc(Oc4ccccc4)cc3)sc2c1Cl. The van der Waals surface area contributed by atoms with Gasteiger partial charge in [0.25, 0.3) is 5.91 Å². The lowest BCUT2D eigenvalue weighted by Crippen LogP contribution is -2.10. The molecular formula is C22H15Cl2NO3S. The first kappa shape index (κ1) is 19.6. The molecule has 1 N–H and O–H groups in total. The van der Waals surface area contributed by atoms with E-state index in [2.05, 4.69) is 5.32 Å². The third-order valence-electron chi connectivity index (χ3n) is 4.22. The molecule has 0 unspecified atom stereocenters. The van der Waals surface area contributed by atoms with E-state index in [9.17, 15) is 4.79 Å². The number of methoxy groups -OCH3 is 1. The maximum absolute atomic E-state index is 12.8. The molecule has 1 amide bonds. The minimum atomic E-state index is -0.303. The summed E-state index contributed by atoms with van der Waals surface area (Å²) < 4.78 is 11.7. The Labute approximate surface area is 181 Å². The molecule has 4 rings (SSSR count). The van der Waals surface area contributed by atoms with Crippen molar-refractivity contribution in [1.82, 2.24) is 0 Å².